The molecule has 0 unspecified atom stereocenters. The molecule has 0 rings (SSSR count). The molecule has 0 heterocycles. The van der Waals surface area contributed by atoms with Gasteiger partial charge in [-0.15, -0.1) is 0 Å². The summed E-state index contributed by atoms with van der Waals surface area (Å²) in [5.41, 5.74) is 0. The molecule has 26 heavy (non-hydrogen) atoms. The Hall–Kier alpha value is -5.08. The van der Waals surface area contributed by atoms with Gasteiger partial charge in [0.2, 0.25) is 0 Å². The van der Waals surface area contributed by atoms with Crippen molar-refractivity contribution in [1.82, 2.24) is 0 Å². The van der Waals surface area contributed by atoms with E-state index >= 15 is 0 Å². The Morgan fingerprint density at radius 3 is 0.192 bits per heavy atom. The van der Waals surface area contributed by atoms with Crippen LogP contribution in [0.1, 0.15) is 0 Å². The van der Waals surface area contributed by atoms with Crippen molar-refractivity contribution in [3.63, 3.8) is 0 Å². The zero-order valence-electron chi connectivity index (χ0n) is 12.1. The second-order valence-corrected chi connectivity index (χ2v) is 0. The maximum atomic E-state index is 6.25. The number of rotatable bonds is 0. The van der Waals surface area contributed by atoms with Crippen LogP contribution in [0.5, 0.6) is 0 Å². The predicted octanol–water partition coefficient (Wildman–Crippen LogP) is 1.15. The standard InChI is InChI=1S/12CN.2Fe/c12*1-2;;/q12*-1;+2;+3. The van der Waals surface area contributed by atoms with Crippen molar-refractivity contribution in [2.45, 2.75) is 0 Å². The molecule has 0 aliphatic heterocycles. The first-order valence-corrected chi connectivity index (χ1v) is 2.68. The van der Waals surface area contributed by atoms with E-state index in [1.165, 1.54) is 0 Å². The second-order valence-electron chi connectivity index (χ2n) is 0. The fourth-order valence-corrected chi connectivity index (χ4v) is 0. The summed E-state index contributed by atoms with van der Waals surface area (Å²) < 4.78 is 0. The van der Waals surface area contributed by atoms with E-state index in [-0.39, 0.29) is 34.1 Å². The van der Waals surface area contributed by atoms with Gasteiger partial charge in [0, 0.05) is 0 Å². The summed E-state index contributed by atoms with van der Waals surface area (Å²) in [4.78, 5) is 0. The van der Waals surface area contributed by atoms with Crippen molar-refractivity contribution in [2.75, 3.05) is 0 Å². The van der Waals surface area contributed by atoms with Gasteiger partial charge >= 0.3 is 34.1 Å². The molecule has 12 nitrogen and oxygen atoms in total. The normalized spacial score (nSPS) is 0.923. The minimum absolute atomic E-state index is 0. The molecule has 0 fully saturated rings. The van der Waals surface area contributed by atoms with Crippen molar-refractivity contribution < 1.29 is 34.1 Å². The number of hydrogen-bond acceptors (Lipinski definition) is 12. The molecule has 0 aliphatic carbocycles. The van der Waals surface area contributed by atoms with E-state index in [0.29, 0.717) is 0 Å². The molecule has 0 aliphatic rings. The van der Waals surface area contributed by atoms with E-state index in [4.69, 9.17) is 142 Å². The largest absolute Gasteiger partial charge is 3.00 e. The molecule has 1 radical (unpaired) electrons. The van der Waals surface area contributed by atoms with Crippen LogP contribution in [0.25, 0.3) is 0 Å². The molecular weight excluding hydrogens is 424 g/mol. The first-order chi connectivity index (χ1) is 12.0. The van der Waals surface area contributed by atoms with Gasteiger partial charge in [-0.2, -0.15) is 0 Å². The van der Waals surface area contributed by atoms with Crippen LogP contribution in [0.4, 0.5) is 0 Å². The molecule has 14 heteroatoms. The molecule has 0 aromatic rings. The van der Waals surface area contributed by atoms with Gasteiger partial charge in [-0.1, -0.05) is 0 Å². The van der Waals surface area contributed by atoms with Crippen LogP contribution in [0.2, 0.25) is 0 Å². The van der Waals surface area contributed by atoms with Gasteiger partial charge in [0.15, 0.2) is 0 Å². The molecular formula is C12Fe2N12-7. The second kappa shape index (κ2) is 276. The van der Waals surface area contributed by atoms with Gasteiger partial charge in [0.1, 0.15) is 0 Å². The van der Waals surface area contributed by atoms with Gasteiger partial charge in [0.25, 0.3) is 0 Å². The van der Waals surface area contributed by atoms with Gasteiger partial charge in [0.05, 0.1) is 0 Å². The smallest absolute Gasteiger partial charge is 0.512 e. The molecule has 0 atom stereocenters. The van der Waals surface area contributed by atoms with Crippen LogP contribution in [0.3, 0.4) is 0 Å². The van der Waals surface area contributed by atoms with E-state index in [9.17, 15) is 0 Å². The average Bonchev–Trinajstić information content (AvgIpc) is 2.84. The third kappa shape index (κ3) is 235. The minimum Gasteiger partial charge on any atom is -0.512 e. The maximum Gasteiger partial charge on any atom is 3.00 e. The average molecular weight is 424 g/mol. The zero-order valence-corrected chi connectivity index (χ0v) is 14.3. The summed E-state index contributed by atoms with van der Waals surface area (Å²) in [5.74, 6) is 0. The fraction of sp³-hybridized carbons (Fsp3) is 0. The minimum atomic E-state index is 0. The Morgan fingerprint density at radius 1 is 0.192 bits per heavy atom. The molecule has 0 aromatic heterocycles. The monoisotopic (exact) mass is 424 g/mol. The van der Waals surface area contributed by atoms with Crippen LogP contribution in [0.15, 0.2) is 0 Å². The van der Waals surface area contributed by atoms with Crippen LogP contribution < -0.4 is 0 Å². The van der Waals surface area contributed by atoms with Gasteiger partial charge in [-0.3, -0.25) is 0 Å². The third-order valence-corrected chi connectivity index (χ3v) is 0. The Labute approximate surface area is 176 Å². The summed E-state index contributed by atoms with van der Waals surface area (Å²) >= 11 is 0. The van der Waals surface area contributed by atoms with Gasteiger partial charge < -0.3 is 142 Å². The summed E-state index contributed by atoms with van der Waals surface area (Å²) in [5, 5.41) is 75.0. The van der Waals surface area contributed by atoms with Crippen molar-refractivity contribution in [1.29, 1.82) is 63.1 Å². The van der Waals surface area contributed by atoms with Gasteiger partial charge in [-0.25, -0.2) is 0 Å². The van der Waals surface area contributed by atoms with E-state index in [2.05, 4.69) is 0 Å². The molecule has 0 spiro atoms. The summed E-state index contributed by atoms with van der Waals surface area (Å²) in [6.07, 6.45) is 0. The number of nitrogens with zero attached hydrogens (tertiary/aromatic N) is 12. The van der Waals surface area contributed by atoms with Crippen LogP contribution in [-0.4, -0.2) is 0 Å². The SMILES string of the molecule is [C-]#N.[C-]#N.[C-]#N.[C-]#N.[C-]#N.[C-]#N.[C-]#N.[C-]#N.[C-]#N.[C-]#N.[C-]#N.[C-]#N.[Fe+2].[Fe+3]. The summed E-state index contributed by atoms with van der Waals surface area (Å²) in [6, 6.07) is 0. The van der Waals surface area contributed by atoms with Gasteiger partial charge in [-0.05, 0) is 0 Å². The topological polar surface area (TPSA) is 285 Å². The molecule has 0 saturated heterocycles. The fourth-order valence-electron chi connectivity index (χ4n) is 0. The van der Waals surface area contributed by atoms with E-state index in [1.54, 1.807) is 0 Å². The summed E-state index contributed by atoms with van der Waals surface area (Å²) in [6.45, 7) is 57.0. The number of hydrogen-bond donors (Lipinski definition) is 0. The molecule has 0 bridgehead atoms. The molecule has 0 aromatic carbocycles. The first-order valence-electron chi connectivity index (χ1n) is 2.68. The quantitative estimate of drug-likeness (QED) is 0.391. The Morgan fingerprint density at radius 2 is 0.192 bits per heavy atom. The van der Waals surface area contributed by atoms with Crippen molar-refractivity contribution >= 4 is 0 Å². The van der Waals surface area contributed by atoms with Crippen molar-refractivity contribution in [3.05, 3.63) is 78.9 Å². The molecule has 0 N–H and O–H groups in total. The van der Waals surface area contributed by atoms with E-state index in [0.717, 1.165) is 0 Å². The van der Waals surface area contributed by atoms with E-state index < -0.39 is 0 Å². The van der Waals surface area contributed by atoms with Crippen LogP contribution in [-0.2, 0) is 34.1 Å². The zero-order chi connectivity index (χ0) is 24.0. The summed E-state index contributed by atoms with van der Waals surface area (Å²) in [7, 11) is 0. The Kier molecular flexibility index (Phi) is 1840. The third-order valence-electron chi connectivity index (χ3n) is 0. The van der Waals surface area contributed by atoms with Crippen LogP contribution in [0, 0.1) is 142 Å². The predicted molar refractivity (Wildman–Crippen MR) is 59.6 cm³/mol. The van der Waals surface area contributed by atoms with E-state index in [1.807, 2.05) is 0 Å². The van der Waals surface area contributed by atoms with Crippen molar-refractivity contribution in [2.24, 2.45) is 0 Å². The molecule has 0 amide bonds. The first kappa shape index (κ1) is 173. The van der Waals surface area contributed by atoms with Crippen molar-refractivity contribution in [3.8, 4) is 0 Å². The van der Waals surface area contributed by atoms with Crippen LogP contribution >= 0.6 is 0 Å². The molecule has 0 saturated carbocycles. The maximum absolute atomic E-state index is 6.25. The Bertz CT molecular complexity index is 220. The molecule has 131 valence electrons. The Balaban J connectivity index is -0.00000000500.